The summed E-state index contributed by atoms with van der Waals surface area (Å²) in [4.78, 5) is 27.6. The SMILES string of the molecule is C/C(=C/CC1SC(=O)NC1=O)c1cccc(OCc2nc(-c3ccccc3)oc2C)c1. The van der Waals surface area contributed by atoms with Gasteiger partial charge in [0.05, 0.1) is 5.25 Å². The lowest BCUT2D eigenvalue weighted by Gasteiger charge is -2.08. The van der Waals surface area contributed by atoms with Gasteiger partial charge in [-0.05, 0) is 55.7 Å². The van der Waals surface area contributed by atoms with Crippen LogP contribution in [0.25, 0.3) is 17.0 Å². The molecule has 6 nitrogen and oxygen atoms in total. The third-order valence-corrected chi connectivity index (χ3v) is 5.99. The topological polar surface area (TPSA) is 81.4 Å². The molecule has 31 heavy (non-hydrogen) atoms. The first kappa shape index (κ1) is 20.9. The maximum atomic E-state index is 11.7. The monoisotopic (exact) mass is 434 g/mol. The number of imide groups is 1. The molecule has 1 N–H and O–H groups in total. The Morgan fingerprint density at radius 3 is 2.74 bits per heavy atom. The molecular weight excluding hydrogens is 412 g/mol. The number of carbonyl (C=O) groups is 2. The number of aryl methyl sites for hydroxylation is 1. The van der Waals surface area contributed by atoms with E-state index in [1.54, 1.807) is 0 Å². The van der Waals surface area contributed by atoms with Crippen molar-refractivity contribution in [3.05, 3.63) is 77.7 Å². The minimum absolute atomic E-state index is 0.228. The Labute approximate surface area is 184 Å². The summed E-state index contributed by atoms with van der Waals surface area (Å²) in [5.74, 6) is 1.80. The van der Waals surface area contributed by atoms with Crippen molar-refractivity contribution in [2.75, 3.05) is 0 Å². The van der Waals surface area contributed by atoms with Gasteiger partial charge < -0.3 is 9.15 Å². The predicted octanol–water partition coefficient (Wildman–Crippen LogP) is 5.37. The van der Waals surface area contributed by atoms with E-state index in [4.69, 9.17) is 9.15 Å². The number of ether oxygens (including phenoxy) is 1. The van der Waals surface area contributed by atoms with Crippen LogP contribution in [-0.2, 0) is 11.4 Å². The van der Waals surface area contributed by atoms with E-state index in [9.17, 15) is 9.59 Å². The molecule has 0 spiro atoms. The second kappa shape index (κ2) is 9.22. The van der Waals surface area contributed by atoms with E-state index in [0.717, 1.165) is 45.7 Å². The number of thioether (sulfide) groups is 1. The highest BCUT2D eigenvalue weighted by Crippen LogP contribution is 2.27. The van der Waals surface area contributed by atoms with Crippen LogP contribution >= 0.6 is 11.8 Å². The molecule has 7 heteroatoms. The fraction of sp³-hybridized carbons (Fsp3) is 0.208. The van der Waals surface area contributed by atoms with Gasteiger partial charge in [-0.15, -0.1) is 0 Å². The van der Waals surface area contributed by atoms with Gasteiger partial charge in [0.25, 0.3) is 5.24 Å². The molecule has 3 aromatic rings. The van der Waals surface area contributed by atoms with Crippen LogP contribution in [0.15, 0.2) is 65.1 Å². The number of nitrogens with one attached hydrogen (secondary N) is 1. The molecule has 1 aliphatic rings. The van der Waals surface area contributed by atoms with Crippen LogP contribution in [0.2, 0.25) is 0 Å². The molecule has 1 fully saturated rings. The van der Waals surface area contributed by atoms with Crippen molar-refractivity contribution in [3.8, 4) is 17.2 Å². The third-order valence-electron chi connectivity index (χ3n) is 4.98. The number of hydrogen-bond acceptors (Lipinski definition) is 6. The Bertz CT molecular complexity index is 1140. The van der Waals surface area contributed by atoms with Crippen molar-refractivity contribution in [3.63, 3.8) is 0 Å². The number of aromatic nitrogens is 1. The quantitative estimate of drug-likeness (QED) is 0.538. The Morgan fingerprint density at radius 2 is 2.00 bits per heavy atom. The highest BCUT2D eigenvalue weighted by Gasteiger charge is 2.30. The van der Waals surface area contributed by atoms with E-state index >= 15 is 0 Å². The molecule has 1 aromatic heterocycles. The van der Waals surface area contributed by atoms with E-state index < -0.39 is 0 Å². The molecular formula is C24H22N2O4S. The molecule has 2 aromatic carbocycles. The number of rotatable bonds is 7. The number of allylic oxidation sites excluding steroid dienone is 2. The molecule has 2 amide bonds. The molecule has 4 rings (SSSR count). The predicted molar refractivity (Wildman–Crippen MR) is 121 cm³/mol. The van der Waals surface area contributed by atoms with Crippen LogP contribution in [0.4, 0.5) is 4.79 Å². The number of carbonyl (C=O) groups excluding carboxylic acids is 2. The maximum absolute atomic E-state index is 11.7. The zero-order chi connectivity index (χ0) is 21.8. The molecule has 0 bridgehead atoms. The van der Waals surface area contributed by atoms with Gasteiger partial charge in [-0.3, -0.25) is 14.9 Å². The summed E-state index contributed by atoms with van der Waals surface area (Å²) in [7, 11) is 0. The lowest BCUT2D eigenvalue weighted by atomic mass is 10.1. The molecule has 1 aliphatic heterocycles. The minimum Gasteiger partial charge on any atom is -0.487 e. The Balaban J connectivity index is 1.41. The molecule has 0 saturated carbocycles. The van der Waals surface area contributed by atoms with Crippen molar-refractivity contribution < 1.29 is 18.7 Å². The molecule has 0 aliphatic carbocycles. The van der Waals surface area contributed by atoms with Crippen molar-refractivity contribution >= 4 is 28.5 Å². The van der Waals surface area contributed by atoms with Gasteiger partial charge in [-0.1, -0.05) is 48.2 Å². The van der Waals surface area contributed by atoms with E-state index in [1.165, 1.54) is 0 Å². The van der Waals surface area contributed by atoms with Gasteiger partial charge in [0, 0.05) is 5.56 Å². The van der Waals surface area contributed by atoms with Gasteiger partial charge in [-0.25, -0.2) is 4.98 Å². The summed E-state index contributed by atoms with van der Waals surface area (Å²) < 4.78 is 11.7. The second-order valence-electron chi connectivity index (χ2n) is 7.21. The summed E-state index contributed by atoms with van der Waals surface area (Å²) >= 11 is 1.04. The van der Waals surface area contributed by atoms with Gasteiger partial charge in [0.1, 0.15) is 23.8 Å². The maximum Gasteiger partial charge on any atom is 0.286 e. The van der Waals surface area contributed by atoms with Crippen LogP contribution in [0.1, 0.15) is 30.4 Å². The van der Waals surface area contributed by atoms with Crippen molar-refractivity contribution in [1.29, 1.82) is 0 Å². The lowest BCUT2D eigenvalue weighted by molar-refractivity contribution is -0.118. The van der Waals surface area contributed by atoms with E-state index in [0.29, 0.717) is 18.9 Å². The Kier molecular flexibility index (Phi) is 6.23. The smallest absolute Gasteiger partial charge is 0.286 e. The van der Waals surface area contributed by atoms with Crippen LogP contribution in [0.5, 0.6) is 5.75 Å². The molecule has 158 valence electrons. The number of hydrogen-bond donors (Lipinski definition) is 1. The Morgan fingerprint density at radius 1 is 1.19 bits per heavy atom. The number of amides is 2. The van der Waals surface area contributed by atoms with Crippen molar-refractivity contribution in [2.24, 2.45) is 0 Å². The standard InChI is InChI=1S/C24H22N2O4S/c1-15(11-12-21-22(27)26-24(28)31-21)18-9-6-10-19(13-18)29-14-20-16(2)30-23(25-20)17-7-4-3-5-8-17/h3-11,13,21H,12,14H2,1-2H3,(H,26,27,28)/b15-11-. The van der Waals surface area contributed by atoms with Gasteiger partial charge in [-0.2, -0.15) is 0 Å². The van der Waals surface area contributed by atoms with Crippen molar-refractivity contribution in [2.45, 2.75) is 32.1 Å². The molecule has 2 heterocycles. The first-order valence-corrected chi connectivity index (χ1v) is 10.8. The molecule has 1 saturated heterocycles. The highest BCUT2D eigenvalue weighted by atomic mass is 32.2. The summed E-state index contributed by atoms with van der Waals surface area (Å²) in [5.41, 5.74) is 3.69. The van der Waals surface area contributed by atoms with Crippen LogP contribution < -0.4 is 10.1 Å². The fourth-order valence-electron chi connectivity index (χ4n) is 3.20. The summed E-state index contributed by atoms with van der Waals surface area (Å²) in [6, 6.07) is 17.5. The molecule has 0 radical (unpaired) electrons. The minimum atomic E-state index is -0.365. The largest absolute Gasteiger partial charge is 0.487 e. The first-order valence-electron chi connectivity index (χ1n) is 9.93. The normalized spacial score (nSPS) is 16.5. The van der Waals surface area contributed by atoms with Crippen molar-refractivity contribution in [1.82, 2.24) is 10.3 Å². The highest BCUT2D eigenvalue weighted by molar-refractivity contribution is 8.15. The zero-order valence-electron chi connectivity index (χ0n) is 17.3. The zero-order valence-corrected chi connectivity index (χ0v) is 18.1. The van der Waals surface area contributed by atoms with Gasteiger partial charge in [0.15, 0.2) is 0 Å². The number of nitrogens with zero attached hydrogens (tertiary/aromatic N) is 1. The summed E-state index contributed by atoms with van der Waals surface area (Å²) in [6.45, 7) is 4.16. The first-order chi connectivity index (χ1) is 15.0. The Hall–Kier alpha value is -3.32. The molecule has 1 unspecified atom stereocenters. The van der Waals surface area contributed by atoms with Gasteiger partial charge in [0.2, 0.25) is 11.8 Å². The van der Waals surface area contributed by atoms with E-state index in [-0.39, 0.29) is 16.4 Å². The third kappa shape index (κ3) is 5.06. The summed E-state index contributed by atoms with van der Waals surface area (Å²) in [6.07, 6.45) is 2.47. The lowest BCUT2D eigenvalue weighted by Crippen LogP contribution is -2.23. The average molecular weight is 435 g/mol. The van der Waals surface area contributed by atoms with Gasteiger partial charge >= 0.3 is 0 Å². The van der Waals surface area contributed by atoms with Crippen LogP contribution in [-0.4, -0.2) is 21.4 Å². The molecule has 1 atom stereocenters. The van der Waals surface area contributed by atoms with Crippen LogP contribution in [0, 0.1) is 6.92 Å². The number of benzene rings is 2. The number of oxazole rings is 1. The summed E-state index contributed by atoms with van der Waals surface area (Å²) in [5, 5.41) is 1.66. The average Bonchev–Trinajstić information content (AvgIpc) is 3.32. The second-order valence-corrected chi connectivity index (χ2v) is 8.39. The van der Waals surface area contributed by atoms with Crippen LogP contribution in [0.3, 0.4) is 0 Å². The van der Waals surface area contributed by atoms with E-state index in [1.807, 2.05) is 74.5 Å². The van der Waals surface area contributed by atoms with E-state index in [2.05, 4.69) is 10.3 Å². The fourth-order valence-corrected chi connectivity index (χ4v) is 3.98.